The molecule has 0 radical (unpaired) electrons. The highest BCUT2D eigenvalue weighted by Gasteiger charge is 2.05. The number of aryl methyl sites for hydroxylation is 1. The van der Waals surface area contributed by atoms with Crippen LogP contribution in [0.25, 0.3) is 5.69 Å². The molecular weight excluding hydrogens is 322 g/mol. The van der Waals surface area contributed by atoms with Crippen molar-refractivity contribution >= 4 is 5.91 Å². The number of rotatable bonds is 7. The normalized spacial score (nSPS) is 10.9. The molecule has 0 aliphatic heterocycles. The van der Waals surface area contributed by atoms with Gasteiger partial charge in [-0.25, -0.2) is 4.98 Å². The third-order valence-electron chi connectivity index (χ3n) is 4.49. The zero-order valence-electron chi connectivity index (χ0n) is 15.4. The lowest BCUT2D eigenvalue weighted by atomic mass is 10.0. The highest BCUT2D eigenvalue weighted by molar-refractivity contribution is 5.76. The highest BCUT2D eigenvalue weighted by Crippen LogP contribution is 2.15. The van der Waals surface area contributed by atoms with E-state index in [-0.39, 0.29) is 5.91 Å². The second kappa shape index (κ2) is 8.48. The van der Waals surface area contributed by atoms with Gasteiger partial charge in [0.2, 0.25) is 5.91 Å². The van der Waals surface area contributed by atoms with Crippen LogP contribution in [-0.4, -0.2) is 15.5 Å². The molecule has 0 bridgehead atoms. The lowest BCUT2D eigenvalue weighted by Crippen LogP contribution is -2.23. The molecule has 134 valence electrons. The molecule has 1 heterocycles. The molecule has 4 nitrogen and oxygen atoms in total. The lowest BCUT2D eigenvalue weighted by Gasteiger charge is -2.09. The minimum Gasteiger partial charge on any atom is -0.352 e. The standard InChI is InChI=1S/C22H25N3O/c1-17(2)20-9-6-18(7-10-20)8-11-22(26)24-15-19-4-3-5-21(14-19)25-13-12-23-16-25/h3-7,9-10,12-14,16-17H,8,11,15H2,1-2H3,(H,24,26). The Morgan fingerprint density at radius 2 is 1.92 bits per heavy atom. The Bertz CT molecular complexity index is 836. The van der Waals surface area contributed by atoms with Crippen LogP contribution in [0.3, 0.4) is 0 Å². The van der Waals surface area contributed by atoms with Crippen molar-refractivity contribution in [2.45, 2.75) is 39.2 Å². The van der Waals surface area contributed by atoms with E-state index >= 15 is 0 Å². The molecule has 2 aromatic carbocycles. The molecule has 1 aromatic heterocycles. The first kappa shape index (κ1) is 17.9. The summed E-state index contributed by atoms with van der Waals surface area (Å²) >= 11 is 0. The molecule has 0 aliphatic rings. The molecule has 1 amide bonds. The van der Waals surface area contributed by atoms with Gasteiger partial charge in [-0.3, -0.25) is 4.79 Å². The molecule has 0 saturated heterocycles. The van der Waals surface area contributed by atoms with Crippen LogP contribution in [0.2, 0.25) is 0 Å². The van der Waals surface area contributed by atoms with Gasteiger partial charge in [-0.1, -0.05) is 50.2 Å². The Hall–Kier alpha value is -2.88. The summed E-state index contributed by atoms with van der Waals surface area (Å²) < 4.78 is 1.95. The maximum Gasteiger partial charge on any atom is 0.220 e. The van der Waals surface area contributed by atoms with Crippen LogP contribution >= 0.6 is 0 Å². The van der Waals surface area contributed by atoms with Crippen molar-refractivity contribution in [2.75, 3.05) is 0 Å². The van der Waals surface area contributed by atoms with Gasteiger partial charge in [0.25, 0.3) is 0 Å². The summed E-state index contributed by atoms with van der Waals surface area (Å²) in [7, 11) is 0. The van der Waals surface area contributed by atoms with Gasteiger partial charge in [-0.2, -0.15) is 0 Å². The van der Waals surface area contributed by atoms with E-state index in [0.717, 1.165) is 17.7 Å². The van der Waals surface area contributed by atoms with Crippen LogP contribution in [-0.2, 0) is 17.8 Å². The highest BCUT2D eigenvalue weighted by atomic mass is 16.1. The number of hydrogen-bond acceptors (Lipinski definition) is 2. The summed E-state index contributed by atoms with van der Waals surface area (Å²) in [6.45, 7) is 4.90. The molecule has 0 fully saturated rings. The summed E-state index contributed by atoms with van der Waals surface area (Å²) in [6, 6.07) is 16.6. The second-order valence-corrected chi connectivity index (χ2v) is 6.81. The SMILES string of the molecule is CC(C)c1ccc(CCC(=O)NCc2cccc(-n3ccnc3)c2)cc1. The van der Waals surface area contributed by atoms with Crippen LogP contribution in [0, 0.1) is 0 Å². The minimum atomic E-state index is 0.0750. The molecule has 1 N–H and O–H groups in total. The molecule has 0 atom stereocenters. The molecular formula is C22H25N3O. The van der Waals surface area contributed by atoms with Crippen molar-refractivity contribution in [3.63, 3.8) is 0 Å². The maximum atomic E-state index is 12.2. The van der Waals surface area contributed by atoms with E-state index in [2.05, 4.69) is 54.5 Å². The number of amides is 1. The van der Waals surface area contributed by atoms with E-state index in [9.17, 15) is 4.79 Å². The van der Waals surface area contributed by atoms with Crippen molar-refractivity contribution in [1.29, 1.82) is 0 Å². The lowest BCUT2D eigenvalue weighted by molar-refractivity contribution is -0.121. The largest absolute Gasteiger partial charge is 0.352 e. The summed E-state index contributed by atoms with van der Waals surface area (Å²) in [5.74, 6) is 0.608. The predicted molar refractivity (Wildman–Crippen MR) is 104 cm³/mol. The molecule has 0 aliphatic carbocycles. The monoisotopic (exact) mass is 347 g/mol. The fourth-order valence-corrected chi connectivity index (χ4v) is 2.85. The van der Waals surface area contributed by atoms with Crippen molar-refractivity contribution < 1.29 is 4.79 Å². The smallest absolute Gasteiger partial charge is 0.220 e. The molecule has 0 spiro atoms. The van der Waals surface area contributed by atoms with Crippen molar-refractivity contribution in [3.05, 3.63) is 83.9 Å². The van der Waals surface area contributed by atoms with Crippen molar-refractivity contribution in [2.24, 2.45) is 0 Å². The molecule has 0 unspecified atom stereocenters. The average Bonchev–Trinajstić information content (AvgIpc) is 3.20. The van der Waals surface area contributed by atoms with Gasteiger partial charge >= 0.3 is 0 Å². The first-order chi connectivity index (χ1) is 12.6. The first-order valence-electron chi connectivity index (χ1n) is 9.04. The second-order valence-electron chi connectivity index (χ2n) is 6.81. The van der Waals surface area contributed by atoms with E-state index in [1.807, 2.05) is 29.0 Å². The van der Waals surface area contributed by atoms with E-state index < -0.39 is 0 Å². The van der Waals surface area contributed by atoms with Gasteiger partial charge in [0.15, 0.2) is 0 Å². The topological polar surface area (TPSA) is 46.9 Å². The third kappa shape index (κ3) is 4.82. The van der Waals surface area contributed by atoms with Crippen LogP contribution < -0.4 is 5.32 Å². The Morgan fingerprint density at radius 3 is 2.62 bits per heavy atom. The predicted octanol–water partition coefficient (Wildman–Crippen LogP) is 4.24. The molecule has 3 aromatic rings. The zero-order valence-corrected chi connectivity index (χ0v) is 15.4. The fraction of sp³-hybridized carbons (Fsp3) is 0.273. The van der Waals surface area contributed by atoms with Gasteiger partial charge in [0.05, 0.1) is 6.33 Å². The average molecular weight is 347 g/mol. The Kier molecular flexibility index (Phi) is 5.84. The molecule has 4 heteroatoms. The number of hydrogen-bond donors (Lipinski definition) is 1. The van der Waals surface area contributed by atoms with Crippen molar-refractivity contribution in [1.82, 2.24) is 14.9 Å². The summed E-state index contributed by atoms with van der Waals surface area (Å²) in [5.41, 5.74) is 4.65. The zero-order chi connectivity index (χ0) is 18.4. The quantitative estimate of drug-likeness (QED) is 0.695. The number of imidazole rings is 1. The Balaban J connectivity index is 1.49. The summed E-state index contributed by atoms with van der Waals surface area (Å²) in [4.78, 5) is 16.2. The third-order valence-corrected chi connectivity index (χ3v) is 4.49. The van der Waals surface area contributed by atoms with Gasteiger partial charge in [-0.15, -0.1) is 0 Å². The van der Waals surface area contributed by atoms with E-state index in [0.29, 0.717) is 18.9 Å². The molecule has 0 saturated carbocycles. The Morgan fingerprint density at radius 1 is 1.12 bits per heavy atom. The van der Waals surface area contributed by atoms with Gasteiger partial charge < -0.3 is 9.88 Å². The van der Waals surface area contributed by atoms with Gasteiger partial charge in [0, 0.05) is 31.0 Å². The van der Waals surface area contributed by atoms with Crippen molar-refractivity contribution in [3.8, 4) is 5.69 Å². The summed E-state index contributed by atoms with van der Waals surface area (Å²) in [5, 5.41) is 3.01. The Labute approximate surface area is 154 Å². The van der Waals surface area contributed by atoms with Gasteiger partial charge in [-0.05, 0) is 41.2 Å². The number of benzene rings is 2. The number of aromatic nitrogens is 2. The van der Waals surface area contributed by atoms with E-state index in [4.69, 9.17) is 0 Å². The number of carbonyl (C=O) groups excluding carboxylic acids is 1. The number of nitrogens with one attached hydrogen (secondary N) is 1. The van der Waals surface area contributed by atoms with Gasteiger partial charge in [0.1, 0.15) is 0 Å². The van der Waals surface area contributed by atoms with Crippen LogP contribution in [0.4, 0.5) is 0 Å². The first-order valence-corrected chi connectivity index (χ1v) is 9.04. The van der Waals surface area contributed by atoms with Crippen LogP contribution in [0.15, 0.2) is 67.3 Å². The van der Waals surface area contributed by atoms with Crippen LogP contribution in [0.5, 0.6) is 0 Å². The molecule has 26 heavy (non-hydrogen) atoms. The van der Waals surface area contributed by atoms with E-state index in [1.165, 1.54) is 11.1 Å². The number of nitrogens with zero attached hydrogens (tertiary/aromatic N) is 2. The minimum absolute atomic E-state index is 0.0750. The molecule has 3 rings (SSSR count). The summed E-state index contributed by atoms with van der Waals surface area (Å²) in [6.07, 6.45) is 6.69. The maximum absolute atomic E-state index is 12.2. The fourth-order valence-electron chi connectivity index (χ4n) is 2.85. The number of carbonyl (C=O) groups is 1. The van der Waals surface area contributed by atoms with E-state index in [1.54, 1.807) is 12.5 Å². The van der Waals surface area contributed by atoms with Crippen LogP contribution in [0.1, 0.15) is 42.9 Å².